The predicted molar refractivity (Wildman–Crippen MR) is 133 cm³/mol. The Morgan fingerprint density at radius 2 is 1.89 bits per heavy atom. The SMILES string of the molecule is C=CCOC(=O)N1CC(NS(=O)(=O)c2ccc(OCc3cc(C)nc4ccccc34)cc2)(C(=O)NO)C1. The second-order valence-electron chi connectivity index (χ2n) is 8.55. The van der Waals surface area contributed by atoms with Gasteiger partial charge in [-0.05, 0) is 43.3 Å². The van der Waals surface area contributed by atoms with Crippen LogP contribution in [0.4, 0.5) is 4.79 Å². The number of sulfonamides is 1. The number of hydroxylamine groups is 1. The lowest BCUT2D eigenvalue weighted by Gasteiger charge is -2.47. The van der Waals surface area contributed by atoms with Gasteiger partial charge in [0.1, 0.15) is 24.5 Å². The molecule has 3 N–H and O–H groups in total. The van der Waals surface area contributed by atoms with Gasteiger partial charge in [-0.3, -0.25) is 15.0 Å². The van der Waals surface area contributed by atoms with Crippen molar-refractivity contribution >= 4 is 32.9 Å². The summed E-state index contributed by atoms with van der Waals surface area (Å²) < 4.78 is 39.1. The molecule has 1 saturated heterocycles. The normalized spacial score (nSPS) is 14.5. The molecule has 1 fully saturated rings. The molecule has 1 aromatic heterocycles. The Hall–Kier alpha value is -4.00. The monoisotopic (exact) mass is 526 g/mol. The fourth-order valence-electron chi connectivity index (χ4n) is 4.02. The number of para-hydroxylation sites is 1. The summed E-state index contributed by atoms with van der Waals surface area (Å²) in [7, 11) is -4.20. The zero-order valence-electron chi connectivity index (χ0n) is 20.0. The molecular weight excluding hydrogens is 500 g/mol. The quantitative estimate of drug-likeness (QED) is 0.219. The number of rotatable bonds is 9. The number of benzene rings is 2. The smallest absolute Gasteiger partial charge is 0.410 e. The Labute approximate surface area is 213 Å². The molecule has 0 atom stereocenters. The summed E-state index contributed by atoms with van der Waals surface area (Å²) in [6.45, 7) is 4.91. The van der Waals surface area contributed by atoms with Gasteiger partial charge in [0.2, 0.25) is 10.0 Å². The molecule has 2 amide bonds. The van der Waals surface area contributed by atoms with Crippen molar-refractivity contribution in [2.45, 2.75) is 24.0 Å². The van der Waals surface area contributed by atoms with E-state index in [2.05, 4.69) is 16.3 Å². The van der Waals surface area contributed by atoms with Gasteiger partial charge in [0.25, 0.3) is 5.91 Å². The summed E-state index contributed by atoms with van der Waals surface area (Å²) in [6, 6.07) is 15.3. The van der Waals surface area contributed by atoms with Crippen molar-refractivity contribution in [3.63, 3.8) is 0 Å². The third kappa shape index (κ3) is 5.56. The predicted octanol–water partition coefficient (Wildman–Crippen LogP) is 2.28. The first-order valence-electron chi connectivity index (χ1n) is 11.3. The molecule has 1 aliphatic rings. The van der Waals surface area contributed by atoms with E-state index in [0.717, 1.165) is 27.1 Å². The lowest BCUT2D eigenvalue weighted by molar-refractivity contribution is -0.141. The molecule has 1 aliphatic heterocycles. The van der Waals surface area contributed by atoms with E-state index in [1.54, 1.807) is 0 Å². The van der Waals surface area contributed by atoms with Gasteiger partial charge in [-0.15, -0.1) is 0 Å². The Morgan fingerprint density at radius 1 is 1.19 bits per heavy atom. The van der Waals surface area contributed by atoms with E-state index in [9.17, 15) is 18.0 Å². The highest BCUT2D eigenvalue weighted by Crippen LogP contribution is 2.26. The molecule has 0 bridgehead atoms. The maximum Gasteiger partial charge on any atom is 0.410 e. The maximum atomic E-state index is 13.0. The molecule has 37 heavy (non-hydrogen) atoms. The van der Waals surface area contributed by atoms with Gasteiger partial charge >= 0.3 is 6.09 Å². The molecule has 2 heterocycles. The van der Waals surface area contributed by atoms with E-state index in [0.29, 0.717) is 5.75 Å². The number of fused-ring (bicyclic) bond motifs is 1. The van der Waals surface area contributed by atoms with Crippen LogP contribution in [-0.4, -0.2) is 60.7 Å². The lowest BCUT2D eigenvalue weighted by atomic mass is 9.91. The number of hydrogen-bond acceptors (Lipinski definition) is 8. The molecule has 194 valence electrons. The molecule has 0 saturated carbocycles. The first-order chi connectivity index (χ1) is 17.7. The number of ether oxygens (including phenoxy) is 2. The van der Waals surface area contributed by atoms with Gasteiger partial charge < -0.3 is 14.4 Å². The molecular formula is C25H26N4O7S. The zero-order chi connectivity index (χ0) is 26.6. The summed E-state index contributed by atoms with van der Waals surface area (Å²) in [5, 5.41) is 10.1. The van der Waals surface area contributed by atoms with Crippen LogP contribution in [0.2, 0.25) is 0 Å². The Bertz CT molecular complexity index is 1440. The number of nitrogens with one attached hydrogen (secondary N) is 2. The van der Waals surface area contributed by atoms with Crippen molar-refractivity contribution in [1.82, 2.24) is 20.1 Å². The van der Waals surface area contributed by atoms with Crippen molar-refractivity contribution in [3.05, 3.63) is 78.5 Å². The van der Waals surface area contributed by atoms with Gasteiger partial charge in [0, 0.05) is 16.6 Å². The Morgan fingerprint density at radius 3 is 2.57 bits per heavy atom. The van der Waals surface area contributed by atoms with Gasteiger partial charge in [-0.1, -0.05) is 30.9 Å². The fourth-order valence-corrected chi connectivity index (χ4v) is 5.37. The molecule has 0 radical (unpaired) electrons. The Balaban J connectivity index is 1.45. The van der Waals surface area contributed by atoms with Gasteiger partial charge in [0.15, 0.2) is 0 Å². The standard InChI is InChI=1S/C25H26N4O7S/c1-3-12-35-24(31)29-15-25(16-29,23(30)27-32)28-37(33,34)20-10-8-19(9-11-20)36-14-18-13-17(2)26-22-7-5-4-6-21(18)22/h3-11,13,28,32H,1,12,14-16H2,2H3,(H,27,30). The van der Waals surface area contributed by atoms with Crippen molar-refractivity contribution in [2.75, 3.05) is 19.7 Å². The van der Waals surface area contributed by atoms with Crippen LogP contribution in [0.3, 0.4) is 0 Å². The van der Waals surface area contributed by atoms with Crippen molar-refractivity contribution in [3.8, 4) is 5.75 Å². The lowest BCUT2D eigenvalue weighted by Crippen LogP contribution is -2.76. The number of aromatic nitrogens is 1. The molecule has 0 aliphatic carbocycles. The van der Waals surface area contributed by atoms with E-state index in [-0.39, 0.29) is 31.2 Å². The van der Waals surface area contributed by atoms with E-state index in [4.69, 9.17) is 14.7 Å². The van der Waals surface area contributed by atoms with Crippen molar-refractivity contribution in [1.29, 1.82) is 0 Å². The molecule has 2 aromatic carbocycles. The fraction of sp³-hybridized carbons (Fsp3) is 0.240. The number of carbonyl (C=O) groups is 2. The van der Waals surface area contributed by atoms with Crippen molar-refractivity contribution < 1.29 is 32.7 Å². The first-order valence-corrected chi connectivity index (χ1v) is 12.7. The minimum Gasteiger partial charge on any atom is -0.489 e. The topological polar surface area (TPSA) is 147 Å². The summed E-state index contributed by atoms with van der Waals surface area (Å²) in [5.74, 6) is -0.552. The van der Waals surface area contributed by atoms with Crippen LogP contribution in [0.15, 0.2) is 72.1 Å². The summed E-state index contributed by atoms with van der Waals surface area (Å²) >= 11 is 0. The second kappa shape index (κ2) is 10.5. The van der Waals surface area contributed by atoms with Crippen LogP contribution in [-0.2, 0) is 26.2 Å². The minimum atomic E-state index is -4.20. The third-order valence-corrected chi connectivity index (χ3v) is 7.38. The highest BCUT2D eigenvalue weighted by molar-refractivity contribution is 7.89. The van der Waals surface area contributed by atoms with Crippen LogP contribution in [0.25, 0.3) is 10.9 Å². The van der Waals surface area contributed by atoms with Crippen molar-refractivity contribution in [2.24, 2.45) is 0 Å². The number of nitrogens with zero attached hydrogens (tertiary/aromatic N) is 2. The zero-order valence-corrected chi connectivity index (χ0v) is 20.8. The van der Waals surface area contributed by atoms with Gasteiger partial charge in [-0.2, -0.15) is 4.72 Å². The molecule has 11 nitrogen and oxygen atoms in total. The largest absolute Gasteiger partial charge is 0.489 e. The summed E-state index contributed by atoms with van der Waals surface area (Å²) in [5.41, 5.74) is 2.36. The number of likely N-dealkylation sites (tertiary alicyclic amines) is 1. The number of amides is 2. The van der Waals surface area contributed by atoms with Crippen LogP contribution in [0, 0.1) is 6.92 Å². The second-order valence-corrected chi connectivity index (χ2v) is 10.2. The maximum absolute atomic E-state index is 13.0. The van der Waals surface area contributed by atoms with Crippen LogP contribution in [0.1, 0.15) is 11.3 Å². The highest BCUT2D eigenvalue weighted by atomic mass is 32.2. The van der Waals surface area contributed by atoms with E-state index >= 15 is 0 Å². The van der Waals surface area contributed by atoms with E-state index in [1.165, 1.54) is 35.8 Å². The molecule has 4 rings (SSSR count). The summed E-state index contributed by atoms with van der Waals surface area (Å²) in [4.78, 5) is 29.8. The average molecular weight is 527 g/mol. The molecule has 12 heteroatoms. The van der Waals surface area contributed by atoms with E-state index in [1.807, 2.05) is 37.3 Å². The minimum absolute atomic E-state index is 0.0360. The van der Waals surface area contributed by atoms with Gasteiger partial charge in [-0.25, -0.2) is 18.7 Å². The number of hydrogen-bond donors (Lipinski definition) is 3. The molecule has 3 aromatic rings. The number of carbonyl (C=O) groups excluding carboxylic acids is 2. The molecule has 0 spiro atoms. The van der Waals surface area contributed by atoms with Crippen LogP contribution < -0.4 is 14.9 Å². The third-order valence-electron chi connectivity index (χ3n) is 5.83. The molecule has 0 unspecified atom stereocenters. The average Bonchev–Trinajstić information content (AvgIpc) is 2.87. The highest BCUT2D eigenvalue weighted by Gasteiger charge is 2.54. The summed E-state index contributed by atoms with van der Waals surface area (Å²) in [6.07, 6.45) is 0.640. The number of pyridine rings is 1. The van der Waals surface area contributed by atoms with Crippen LogP contribution >= 0.6 is 0 Å². The number of aryl methyl sites for hydroxylation is 1. The Kier molecular flexibility index (Phi) is 7.43. The first kappa shape index (κ1) is 26.1. The van der Waals surface area contributed by atoms with Crippen LogP contribution in [0.5, 0.6) is 5.75 Å². The van der Waals surface area contributed by atoms with Gasteiger partial charge in [0.05, 0.1) is 23.5 Å². The van der Waals surface area contributed by atoms with E-state index < -0.39 is 27.6 Å².